The highest BCUT2D eigenvalue weighted by atomic mass is 16.2. The number of hydrogen-bond donors (Lipinski definition) is 3. The second-order valence-corrected chi connectivity index (χ2v) is 11.8. The molecule has 4 N–H and O–H groups in total. The Morgan fingerprint density at radius 1 is 1.21 bits per heavy atom. The molecule has 9 nitrogen and oxygen atoms in total. The maximum Gasteiger partial charge on any atom is 0.246 e. The minimum Gasteiger partial charge on any atom is -0.382 e. The van der Waals surface area contributed by atoms with Gasteiger partial charge in [-0.25, -0.2) is 4.99 Å². The Morgan fingerprint density at radius 3 is 2.71 bits per heavy atom. The molecular weight excluding hydrogens is 524 g/mol. The van der Waals surface area contributed by atoms with Gasteiger partial charge in [0.05, 0.1) is 6.54 Å². The van der Waals surface area contributed by atoms with E-state index in [1.54, 1.807) is 6.08 Å². The van der Waals surface area contributed by atoms with Crippen LogP contribution in [0.1, 0.15) is 64.9 Å². The van der Waals surface area contributed by atoms with E-state index in [1.165, 1.54) is 0 Å². The van der Waals surface area contributed by atoms with Crippen LogP contribution >= 0.6 is 0 Å². The van der Waals surface area contributed by atoms with E-state index >= 15 is 0 Å². The van der Waals surface area contributed by atoms with E-state index in [-0.39, 0.29) is 11.9 Å². The maximum absolute atomic E-state index is 12.5. The van der Waals surface area contributed by atoms with Crippen LogP contribution in [0.5, 0.6) is 0 Å². The van der Waals surface area contributed by atoms with Gasteiger partial charge in [0, 0.05) is 51.0 Å². The zero-order chi connectivity index (χ0) is 30.1. The first-order valence-electron chi connectivity index (χ1n) is 15.6. The first-order valence-corrected chi connectivity index (χ1v) is 15.6. The molecule has 4 rings (SSSR count). The number of piperidine rings is 1. The summed E-state index contributed by atoms with van der Waals surface area (Å²) in [4.78, 5) is 28.7. The fraction of sp³-hybridized carbons (Fsp3) is 0.545. The molecule has 2 saturated heterocycles. The van der Waals surface area contributed by atoms with Gasteiger partial charge in [0.1, 0.15) is 5.82 Å². The molecule has 3 heterocycles. The quantitative estimate of drug-likeness (QED) is 0.390. The van der Waals surface area contributed by atoms with Crippen LogP contribution in [-0.2, 0) is 11.3 Å². The number of anilines is 1. The number of amides is 1. The van der Waals surface area contributed by atoms with Crippen LogP contribution in [0, 0.1) is 5.92 Å². The number of benzene rings is 1. The number of likely N-dealkylation sites (tertiary alicyclic amines) is 2. The molecule has 0 radical (unpaired) electrons. The molecule has 3 aliphatic rings. The third-order valence-corrected chi connectivity index (χ3v) is 8.26. The predicted molar refractivity (Wildman–Crippen MR) is 174 cm³/mol. The topological polar surface area (TPSA) is 102 Å². The summed E-state index contributed by atoms with van der Waals surface area (Å²) in [5, 5.41) is 7.30. The minimum absolute atomic E-state index is 0.128. The number of guanidine groups is 2. The number of allylic oxidation sites excluding steroid dienone is 3. The first-order chi connectivity index (χ1) is 20.3. The SMILES string of the molecule is C=C/C(=C1/NC(N2CCC(N)CC2)=NC(=NCc2cccc(NC3CCCN(C(=O)/C=C/CC)CC3)c2)N1C)C(C)C. The second kappa shape index (κ2) is 15.0. The monoisotopic (exact) mass is 574 g/mol. The van der Waals surface area contributed by atoms with Crippen LogP contribution in [-0.4, -0.2) is 77.8 Å². The fourth-order valence-corrected chi connectivity index (χ4v) is 5.70. The van der Waals surface area contributed by atoms with Crippen molar-refractivity contribution in [1.82, 2.24) is 20.0 Å². The molecule has 228 valence electrons. The van der Waals surface area contributed by atoms with E-state index in [2.05, 4.69) is 60.2 Å². The van der Waals surface area contributed by atoms with Crippen molar-refractivity contribution >= 4 is 23.5 Å². The fourth-order valence-electron chi connectivity index (χ4n) is 5.70. The molecule has 0 aliphatic carbocycles. The van der Waals surface area contributed by atoms with Gasteiger partial charge in [0.15, 0.2) is 0 Å². The van der Waals surface area contributed by atoms with Crippen LogP contribution in [0.4, 0.5) is 5.69 Å². The average molecular weight is 575 g/mol. The molecule has 0 bridgehead atoms. The van der Waals surface area contributed by atoms with Gasteiger partial charge in [-0.2, -0.15) is 4.99 Å². The Bertz CT molecular complexity index is 1210. The predicted octanol–water partition coefficient (Wildman–Crippen LogP) is 4.67. The van der Waals surface area contributed by atoms with E-state index in [0.29, 0.717) is 24.5 Å². The van der Waals surface area contributed by atoms with E-state index in [0.717, 1.165) is 93.3 Å². The van der Waals surface area contributed by atoms with E-state index in [9.17, 15) is 4.79 Å². The van der Waals surface area contributed by atoms with Crippen LogP contribution < -0.4 is 16.4 Å². The highest BCUT2D eigenvalue weighted by molar-refractivity contribution is 5.99. The lowest BCUT2D eigenvalue weighted by molar-refractivity contribution is -0.126. The number of aliphatic imine (C=N–C) groups is 2. The Kier molecular flexibility index (Phi) is 11.2. The van der Waals surface area contributed by atoms with Crippen molar-refractivity contribution in [2.45, 2.75) is 77.9 Å². The minimum atomic E-state index is 0.128. The summed E-state index contributed by atoms with van der Waals surface area (Å²) < 4.78 is 0. The molecule has 9 heteroatoms. The van der Waals surface area contributed by atoms with Gasteiger partial charge in [-0.3, -0.25) is 9.69 Å². The molecule has 42 heavy (non-hydrogen) atoms. The lowest BCUT2D eigenvalue weighted by Gasteiger charge is -2.38. The molecule has 3 aliphatic heterocycles. The molecule has 1 atom stereocenters. The maximum atomic E-state index is 12.5. The smallest absolute Gasteiger partial charge is 0.246 e. The first kappa shape index (κ1) is 31.3. The van der Waals surface area contributed by atoms with Gasteiger partial charge < -0.3 is 26.2 Å². The summed E-state index contributed by atoms with van der Waals surface area (Å²) >= 11 is 0. The highest BCUT2D eigenvalue weighted by Crippen LogP contribution is 2.23. The summed E-state index contributed by atoms with van der Waals surface area (Å²) in [5.74, 6) is 2.91. The summed E-state index contributed by atoms with van der Waals surface area (Å²) in [5.41, 5.74) is 9.51. The number of carbonyl (C=O) groups is 1. The Labute approximate surface area is 252 Å². The van der Waals surface area contributed by atoms with Crippen LogP contribution in [0.25, 0.3) is 0 Å². The zero-order valence-electron chi connectivity index (χ0n) is 26.0. The van der Waals surface area contributed by atoms with Gasteiger partial charge in [-0.1, -0.05) is 51.6 Å². The van der Waals surface area contributed by atoms with Crippen molar-refractivity contribution in [3.05, 3.63) is 66.0 Å². The molecule has 0 spiro atoms. The molecule has 2 fully saturated rings. The summed E-state index contributed by atoms with van der Waals surface area (Å²) in [6, 6.07) is 9.07. The number of hydrogen-bond acceptors (Lipinski definition) is 6. The molecule has 0 saturated carbocycles. The lowest BCUT2D eigenvalue weighted by atomic mass is 10.0. The summed E-state index contributed by atoms with van der Waals surface area (Å²) in [7, 11) is 2.01. The van der Waals surface area contributed by atoms with Gasteiger partial charge in [-0.15, -0.1) is 0 Å². The number of carbonyl (C=O) groups excluding carboxylic acids is 1. The summed E-state index contributed by atoms with van der Waals surface area (Å²) in [6.07, 6.45) is 11.3. The zero-order valence-corrected chi connectivity index (χ0v) is 26.0. The molecule has 1 aromatic carbocycles. The van der Waals surface area contributed by atoms with Crippen molar-refractivity contribution < 1.29 is 4.79 Å². The third kappa shape index (κ3) is 8.25. The van der Waals surface area contributed by atoms with Gasteiger partial charge in [0.2, 0.25) is 17.8 Å². The summed E-state index contributed by atoms with van der Waals surface area (Å²) in [6.45, 7) is 14.3. The largest absolute Gasteiger partial charge is 0.382 e. The lowest BCUT2D eigenvalue weighted by Crippen LogP contribution is -2.53. The molecule has 1 aromatic rings. The van der Waals surface area contributed by atoms with Gasteiger partial charge in [-0.05, 0) is 73.8 Å². The standard InChI is InChI=1S/C33H50N8O/c1-6-8-14-30(42)40-18-10-13-27(17-21-40)36-28-12-9-11-25(22-28)23-35-32-38-33(41-19-15-26(34)16-20-41)37-31(39(32)5)29(7-2)24(3)4/h7-9,11-12,14,22,24,26-27,36H,2,6,10,13,15-21,23,34H2,1,3-5H3,(H,35,37,38)/b14-8+,31-29+. The molecule has 1 unspecified atom stereocenters. The van der Waals surface area contributed by atoms with Crippen LogP contribution in [0.2, 0.25) is 0 Å². The second-order valence-electron chi connectivity index (χ2n) is 11.8. The number of rotatable bonds is 8. The van der Waals surface area contributed by atoms with Gasteiger partial charge in [0.25, 0.3) is 0 Å². The molecular formula is C33H50N8O. The van der Waals surface area contributed by atoms with E-state index < -0.39 is 0 Å². The number of nitrogens with two attached hydrogens (primary N) is 1. The van der Waals surface area contributed by atoms with Crippen molar-refractivity contribution in [1.29, 1.82) is 0 Å². The normalized spacial score (nSPS) is 22.7. The van der Waals surface area contributed by atoms with Crippen LogP contribution in [0.3, 0.4) is 0 Å². The van der Waals surface area contributed by atoms with E-state index in [1.807, 2.05) is 35.9 Å². The van der Waals surface area contributed by atoms with Crippen molar-refractivity contribution in [2.24, 2.45) is 21.6 Å². The number of nitrogens with one attached hydrogen (secondary N) is 2. The Morgan fingerprint density at radius 2 is 2.00 bits per heavy atom. The van der Waals surface area contributed by atoms with Crippen molar-refractivity contribution in [3.8, 4) is 0 Å². The Hall–Kier alpha value is -3.59. The van der Waals surface area contributed by atoms with E-state index in [4.69, 9.17) is 15.7 Å². The van der Waals surface area contributed by atoms with Gasteiger partial charge >= 0.3 is 0 Å². The van der Waals surface area contributed by atoms with Crippen molar-refractivity contribution in [2.75, 3.05) is 38.5 Å². The number of nitrogens with zero attached hydrogens (tertiary/aromatic N) is 5. The average Bonchev–Trinajstić information content (AvgIpc) is 3.22. The van der Waals surface area contributed by atoms with Crippen LogP contribution in [0.15, 0.2) is 70.5 Å². The molecule has 1 amide bonds. The Balaban J connectivity index is 1.48. The molecule has 0 aromatic heterocycles. The van der Waals surface area contributed by atoms with Crippen molar-refractivity contribution in [3.63, 3.8) is 0 Å². The third-order valence-electron chi connectivity index (χ3n) is 8.26. The highest BCUT2D eigenvalue weighted by Gasteiger charge is 2.28.